The molecular formula is C13H17F3N2OS. The molecule has 1 rings (SSSR count). The third-order valence-corrected chi connectivity index (χ3v) is 2.96. The molecule has 0 radical (unpaired) electrons. The molecule has 0 aliphatic rings. The van der Waals surface area contributed by atoms with Gasteiger partial charge in [-0.3, -0.25) is 4.90 Å². The highest BCUT2D eigenvalue weighted by Gasteiger charge is 2.34. The van der Waals surface area contributed by atoms with Crippen LogP contribution in [0.25, 0.3) is 0 Å². The van der Waals surface area contributed by atoms with Gasteiger partial charge < -0.3 is 10.8 Å². The lowest BCUT2D eigenvalue weighted by Gasteiger charge is -2.32. The average molecular weight is 306 g/mol. The Labute approximate surface area is 121 Å². The molecule has 0 spiro atoms. The van der Waals surface area contributed by atoms with Gasteiger partial charge in [-0.1, -0.05) is 42.5 Å². The number of rotatable bonds is 7. The first-order valence-electron chi connectivity index (χ1n) is 6.08. The van der Waals surface area contributed by atoms with Gasteiger partial charge in [-0.15, -0.1) is 0 Å². The monoisotopic (exact) mass is 306 g/mol. The van der Waals surface area contributed by atoms with Gasteiger partial charge in [-0.2, -0.15) is 13.2 Å². The molecule has 0 aliphatic carbocycles. The van der Waals surface area contributed by atoms with Crippen molar-refractivity contribution in [2.75, 3.05) is 19.7 Å². The van der Waals surface area contributed by atoms with Crippen LogP contribution in [0.4, 0.5) is 13.2 Å². The summed E-state index contributed by atoms with van der Waals surface area (Å²) in [7, 11) is 0. The van der Waals surface area contributed by atoms with Crippen molar-refractivity contribution in [3.63, 3.8) is 0 Å². The number of hydrogen-bond acceptors (Lipinski definition) is 3. The summed E-state index contributed by atoms with van der Waals surface area (Å²) in [6.45, 7) is -1.58. The number of halogens is 3. The fraction of sp³-hybridized carbons (Fsp3) is 0.462. The van der Waals surface area contributed by atoms with E-state index in [4.69, 9.17) is 23.1 Å². The van der Waals surface area contributed by atoms with Crippen LogP contribution in [0, 0.1) is 0 Å². The Kier molecular flexibility index (Phi) is 6.38. The van der Waals surface area contributed by atoms with Crippen LogP contribution < -0.4 is 5.73 Å². The van der Waals surface area contributed by atoms with Gasteiger partial charge in [0.1, 0.15) is 0 Å². The van der Waals surface area contributed by atoms with Gasteiger partial charge in [0.2, 0.25) is 0 Å². The highest BCUT2D eigenvalue weighted by molar-refractivity contribution is 7.80. The van der Waals surface area contributed by atoms with Gasteiger partial charge in [0, 0.05) is 19.0 Å². The number of nitrogens with zero attached hydrogens (tertiary/aromatic N) is 1. The Balaban J connectivity index is 3.01. The largest absolute Gasteiger partial charge is 0.401 e. The first-order chi connectivity index (χ1) is 9.33. The van der Waals surface area contributed by atoms with Gasteiger partial charge in [0.25, 0.3) is 0 Å². The lowest BCUT2D eigenvalue weighted by Crippen LogP contribution is -2.40. The number of benzene rings is 1. The molecule has 3 N–H and O–H groups in total. The summed E-state index contributed by atoms with van der Waals surface area (Å²) in [5, 5.41) is 8.99. The molecule has 0 bridgehead atoms. The van der Waals surface area contributed by atoms with Crippen LogP contribution in [-0.2, 0) is 0 Å². The van der Waals surface area contributed by atoms with Crippen molar-refractivity contribution in [2.45, 2.75) is 18.6 Å². The number of thiocarbonyl (C=S) groups is 1. The standard InChI is InChI=1S/C13H17F3N2OS/c14-13(15,16)9-18(6-7-19)11(8-12(17)20)10-4-2-1-3-5-10/h1-5,11,19H,6-9H2,(H2,17,20). The van der Waals surface area contributed by atoms with E-state index < -0.39 is 18.8 Å². The third-order valence-electron chi connectivity index (χ3n) is 2.79. The number of alkyl halides is 3. The van der Waals surface area contributed by atoms with Gasteiger partial charge in [-0.05, 0) is 5.56 Å². The van der Waals surface area contributed by atoms with E-state index in [1.807, 2.05) is 0 Å². The fourth-order valence-electron chi connectivity index (χ4n) is 2.03. The first-order valence-corrected chi connectivity index (χ1v) is 6.49. The van der Waals surface area contributed by atoms with E-state index in [0.717, 1.165) is 4.90 Å². The van der Waals surface area contributed by atoms with E-state index in [9.17, 15) is 13.2 Å². The van der Waals surface area contributed by atoms with E-state index in [0.29, 0.717) is 5.56 Å². The predicted molar refractivity (Wildman–Crippen MR) is 75.3 cm³/mol. The summed E-state index contributed by atoms with van der Waals surface area (Å²) in [6.07, 6.45) is -4.21. The second kappa shape index (κ2) is 7.56. The molecule has 1 atom stereocenters. The maximum atomic E-state index is 12.7. The van der Waals surface area contributed by atoms with Crippen molar-refractivity contribution < 1.29 is 18.3 Å². The Hall–Kier alpha value is -1.18. The van der Waals surface area contributed by atoms with Crippen LogP contribution in [0.2, 0.25) is 0 Å². The van der Waals surface area contributed by atoms with Crippen LogP contribution in [0.1, 0.15) is 18.0 Å². The molecule has 7 heteroatoms. The van der Waals surface area contributed by atoms with Crippen LogP contribution >= 0.6 is 12.2 Å². The Morgan fingerprint density at radius 1 is 1.30 bits per heavy atom. The van der Waals surface area contributed by atoms with E-state index in [1.165, 1.54) is 0 Å². The molecule has 112 valence electrons. The predicted octanol–water partition coefficient (Wildman–Crippen LogP) is 2.26. The van der Waals surface area contributed by atoms with Crippen LogP contribution in [0.3, 0.4) is 0 Å². The molecule has 0 fully saturated rings. The Morgan fingerprint density at radius 3 is 2.35 bits per heavy atom. The molecule has 1 aromatic rings. The summed E-state index contributed by atoms with van der Waals surface area (Å²) in [6, 6.07) is 8.12. The minimum Gasteiger partial charge on any atom is -0.395 e. The zero-order chi connectivity index (χ0) is 15.2. The Bertz CT molecular complexity index is 425. The van der Waals surface area contributed by atoms with Crippen molar-refractivity contribution in [2.24, 2.45) is 5.73 Å². The smallest absolute Gasteiger partial charge is 0.395 e. The molecule has 3 nitrogen and oxygen atoms in total. The third kappa shape index (κ3) is 5.85. The molecule has 0 amide bonds. The van der Waals surface area contributed by atoms with Gasteiger partial charge in [-0.25, -0.2) is 0 Å². The maximum absolute atomic E-state index is 12.7. The molecule has 0 saturated carbocycles. The quantitative estimate of drug-likeness (QED) is 0.759. The maximum Gasteiger partial charge on any atom is 0.401 e. The second-order valence-corrected chi connectivity index (χ2v) is 4.93. The van der Waals surface area contributed by atoms with E-state index in [2.05, 4.69) is 0 Å². The van der Waals surface area contributed by atoms with Crippen molar-refractivity contribution >= 4 is 17.2 Å². The van der Waals surface area contributed by atoms with Crippen molar-refractivity contribution in [1.82, 2.24) is 4.90 Å². The topological polar surface area (TPSA) is 49.5 Å². The zero-order valence-electron chi connectivity index (χ0n) is 10.8. The molecule has 0 heterocycles. The summed E-state index contributed by atoms with van der Waals surface area (Å²) in [5.74, 6) is 0. The minimum atomic E-state index is -4.35. The van der Waals surface area contributed by atoms with Crippen molar-refractivity contribution in [3.8, 4) is 0 Å². The lowest BCUT2D eigenvalue weighted by atomic mass is 10.0. The van der Waals surface area contributed by atoms with Gasteiger partial charge in [0.15, 0.2) is 0 Å². The van der Waals surface area contributed by atoms with Crippen LogP contribution in [0.15, 0.2) is 30.3 Å². The fourth-order valence-corrected chi connectivity index (χ4v) is 2.19. The van der Waals surface area contributed by atoms with Crippen LogP contribution in [0.5, 0.6) is 0 Å². The number of aliphatic hydroxyl groups excluding tert-OH is 1. The summed E-state index contributed by atoms with van der Waals surface area (Å²) in [5.41, 5.74) is 6.18. The molecule has 1 aromatic carbocycles. The van der Waals surface area contributed by atoms with Crippen molar-refractivity contribution in [1.29, 1.82) is 0 Å². The summed E-state index contributed by atoms with van der Waals surface area (Å²) < 4.78 is 38.0. The average Bonchev–Trinajstić information content (AvgIpc) is 2.35. The minimum absolute atomic E-state index is 0.0956. The second-order valence-electron chi connectivity index (χ2n) is 4.41. The van der Waals surface area contributed by atoms with Gasteiger partial charge >= 0.3 is 6.18 Å². The number of hydrogen-bond donors (Lipinski definition) is 2. The normalized spacial score (nSPS) is 13.4. The summed E-state index contributed by atoms with van der Waals surface area (Å²) in [4.78, 5) is 1.29. The molecule has 1 unspecified atom stereocenters. The SMILES string of the molecule is NC(=S)CC(c1ccccc1)N(CCO)CC(F)(F)F. The molecule has 0 saturated heterocycles. The van der Waals surface area contributed by atoms with E-state index >= 15 is 0 Å². The number of aliphatic hydroxyl groups is 1. The Morgan fingerprint density at radius 2 is 1.90 bits per heavy atom. The summed E-state index contributed by atoms with van der Waals surface area (Å²) >= 11 is 4.82. The van der Waals surface area contributed by atoms with E-state index in [-0.39, 0.29) is 24.6 Å². The molecule has 0 aromatic heterocycles. The zero-order valence-corrected chi connectivity index (χ0v) is 11.6. The van der Waals surface area contributed by atoms with Crippen LogP contribution in [-0.4, -0.2) is 40.9 Å². The molecular weight excluding hydrogens is 289 g/mol. The number of nitrogens with two attached hydrogens (primary N) is 1. The highest BCUT2D eigenvalue weighted by atomic mass is 32.1. The molecule has 20 heavy (non-hydrogen) atoms. The lowest BCUT2D eigenvalue weighted by molar-refractivity contribution is -0.152. The van der Waals surface area contributed by atoms with Crippen molar-refractivity contribution in [3.05, 3.63) is 35.9 Å². The first kappa shape index (κ1) is 16.9. The van der Waals surface area contributed by atoms with Gasteiger partial charge in [0.05, 0.1) is 18.1 Å². The molecule has 0 aliphatic heterocycles. The van der Waals surface area contributed by atoms with E-state index in [1.54, 1.807) is 30.3 Å². The highest BCUT2D eigenvalue weighted by Crippen LogP contribution is 2.28.